The third-order valence-electron chi connectivity index (χ3n) is 1.64. The van der Waals surface area contributed by atoms with Gasteiger partial charge in [-0.3, -0.25) is 0 Å². The van der Waals surface area contributed by atoms with Crippen LogP contribution in [0, 0.1) is 0 Å². The summed E-state index contributed by atoms with van der Waals surface area (Å²) in [6.45, 7) is -0.249. The Hall–Kier alpha value is -0.650. The third kappa shape index (κ3) is 3.61. The van der Waals surface area contributed by atoms with Crippen LogP contribution in [0.2, 0.25) is 0 Å². The van der Waals surface area contributed by atoms with Crippen LogP contribution in [0.5, 0.6) is 0 Å². The Morgan fingerprint density at radius 3 is 2.50 bits per heavy atom. The van der Waals surface area contributed by atoms with Crippen molar-refractivity contribution in [2.45, 2.75) is 25.5 Å². The first kappa shape index (κ1) is 13.4. The summed E-state index contributed by atoms with van der Waals surface area (Å²) in [5.41, 5.74) is 5.41. The van der Waals surface area contributed by atoms with Crippen LogP contribution < -0.4 is 5.73 Å². The van der Waals surface area contributed by atoms with Gasteiger partial charge >= 0.3 is 0 Å². The average molecular weight is 228 g/mol. The van der Waals surface area contributed by atoms with Gasteiger partial charge < -0.3 is 15.3 Å². The minimum absolute atomic E-state index is 0. The lowest BCUT2D eigenvalue weighted by Crippen LogP contribution is -2.13. The number of aliphatic hydroxyl groups is 1. The van der Waals surface area contributed by atoms with Crippen LogP contribution in [-0.2, 0) is 6.61 Å². The summed E-state index contributed by atoms with van der Waals surface area (Å²) in [5.74, 6) is 0.615. The Balaban J connectivity index is 0.00000169. The third-order valence-corrected chi connectivity index (χ3v) is 1.64. The predicted octanol–water partition coefficient (Wildman–Crippen LogP) is 1.85. The highest BCUT2D eigenvalue weighted by Gasteiger charge is 2.15. The summed E-state index contributed by atoms with van der Waals surface area (Å²) < 4.78 is 28.8. The molecule has 0 radical (unpaired) electrons. The smallest absolute Gasteiger partial charge is 0.240 e. The van der Waals surface area contributed by atoms with E-state index in [4.69, 9.17) is 15.3 Å². The zero-order valence-corrected chi connectivity index (χ0v) is 8.14. The molecule has 0 bridgehead atoms. The lowest BCUT2D eigenvalue weighted by Gasteiger charge is -2.06. The second kappa shape index (κ2) is 5.95. The van der Waals surface area contributed by atoms with Crippen molar-refractivity contribution in [1.82, 2.24) is 0 Å². The molecule has 1 heterocycles. The SMILES string of the molecule is Cl.N[C@H](CC(F)F)c1ccc(CO)o1. The molecule has 6 heteroatoms. The number of halogens is 3. The Labute approximate surface area is 86.3 Å². The number of aliphatic hydroxyl groups excluding tert-OH is 1. The van der Waals surface area contributed by atoms with E-state index in [9.17, 15) is 8.78 Å². The van der Waals surface area contributed by atoms with E-state index < -0.39 is 18.9 Å². The Kier molecular flexibility index (Phi) is 5.68. The predicted molar refractivity (Wildman–Crippen MR) is 49.4 cm³/mol. The monoisotopic (exact) mass is 227 g/mol. The second-order valence-electron chi connectivity index (χ2n) is 2.70. The molecule has 0 aromatic carbocycles. The molecule has 0 fully saturated rings. The van der Waals surface area contributed by atoms with Gasteiger partial charge in [-0.1, -0.05) is 0 Å². The molecule has 3 N–H and O–H groups in total. The average Bonchev–Trinajstić information content (AvgIpc) is 2.50. The molecule has 1 rings (SSSR count). The van der Waals surface area contributed by atoms with Crippen molar-refractivity contribution >= 4 is 12.4 Å². The molecule has 0 unspecified atom stereocenters. The molecule has 82 valence electrons. The number of nitrogens with two attached hydrogens (primary N) is 1. The fraction of sp³-hybridized carbons (Fsp3) is 0.500. The van der Waals surface area contributed by atoms with E-state index in [1.165, 1.54) is 12.1 Å². The molecule has 0 amide bonds. The minimum atomic E-state index is -2.45. The highest BCUT2D eigenvalue weighted by molar-refractivity contribution is 5.85. The van der Waals surface area contributed by atoms with Crippen LogP contribution in [0.1, 0.15) is 24.0 Å². The van der Waals surface area contributed by atoms with Crippen molar-refractivity contribution in [2.24, 2.45) is 5.73 Å². The van der Waals surface area contributed by atoms with E-state index in [0.29, 0.717) is 5.76 Å². The molecular weight excluding hydrogens is 216 g/mol. The lowest BCUT2D eigenvalue weighted by molar-refractivity contribution is 0.124. The van der Waals surface area contributed by atoms with E-state index in [1.54, 1.807) is 0 Å². The molecule has 0 saturated carbocycles. The molecule has 1 aromatic heterocycles. The van der Waals surface area contributed by atoms with Crippen LogP contribution in [0.4, 0.5) is 8.78 Å². The Morgan fingerprint density at radius 2 is 2.07 bits per heavy atom. The van der Waals surface area contributed by atoms with Gasteiger partial charge in [0.1, 0.15) is 18.1 Å². The fourth-order valence-corrected chi connectivity index (χ4v) is 0.987. The summed E-state index contributed by atoms with van der Waals surface area (Å²) in [5, 5.41) is 8.63. The molecule has 14 heavy (non-hydrogen) atoms. The number of hydrogen-bond acceptors (Lipinski definition) is 3. The molecule has 0 aliphatic rings. The maximum atomic E-state index is 11.9. The Bertz CT molecular complexity index is 268. The molecule has 0 saturated heterocycles. The first-order chi connectivity index (χ1) is 6.13. The number of rotatable bonds is 4. The first-order valence-electron chi connectivity index (χ1n) is 3.86. The van der Waals surface area contributed by atoms with Gasteiger partial charge in [0.15, 0.2) is 0 Å². The van der Waals surface area contributed by atoms with E-state index in [0.717, 1.165) is 0 Å². The second-order valence-corrected chi connectivity index (χ2v) is 2.70. The van der Waals surface area contributed by atoms with Gasteiger partial charge in [-0.25, -0.2) is 8.78 Å². The zero-order valence-electron chi connectivity index (χ0n) is 7.32. The minimum Gasteiger partial charge on any atom is -0.462 e. The summed E-state index contributed by atoms with van der Waals surface area (Å²) >= 11 is 0. The van der Waals surface area contributed by atoms with Gasteiger partial charge in [0.2, 0.25) is 6.43 Å². The normalized spacial score (nSPS) is 12.6. The van der Waals surface area contributed by atoms with Gasteiger partial charge in [0.25, 0.3) is 0 Å². The lowest BCUT2D eigenvalue weighted by atomic mass is 10.2. The van der Waals surface area contributed by atoms with Gasteiger partial charge in [0, 0.05) is 6.42 Å². The van der Waals surface area contributed by atoms with Gasteiger partial charge in [-0.2, -0.15) is 0 Å². The van der Waals surface area contributed by atoms with Crippen molar-refractivity contribution in [1.29, 1.82) is 0 Å². The zero-order chi connectivity index (χ0) is 9.84. The van der Waals surface area contributed by atoms with Crippen molar-refractivity contribution in [3.8, 4) is 0 Å². The van der Waals surface area contributed by atoms with Crippen molar-refractivity contribution in [2.75, 3.05) is 0 Å². The van der Waals surface area contributed by atoms with Crippen LogP contribution in [0.3, 0.4) is 0 Å². The summed E-state index contributed by atoms with van der Waals surface area (Å²) in [7, 11) is 0. The van der Waals surface area contributed by atoms with Crippen molar-refractivity contribution < 1.29 is 18.3 Å². The highest BCUT2D eigenvalue weighted by Crippen LogP contribution is 2.20. The summed E-state index contributed by atoms with van der Waals surface area (Å²) in [6, 6.07) is 2.21. The number of furan rings is 1. The van der Waals surface area contributed by atoms with Crippen molar-refractivity contribution in [3.63, 3.8) is 0 Å². The maximum absolute atomic E-state index is 11.9. The topological polar surface area (TPSA) is 59.4 Å². The molecule has 1 aromatic rings. The molecule has 3 nitrogen and oxygen atoms in total. The molecule has 0 aliphatic carbocycles. The van der Waals surface area contributed by atoms with Crippen LogP contribution in [0.15, 0.2) is 16.5 Å². The summed E-state index contributed by atoms with van der Waals surface area (Å²) in [4.78, 5) is 0. The first-order valence-corrected chi connectivity index (χ1v) is 3.86. The largest absolute Gasteiger partial charge is 0.462 e. The van der Waals surface area contributed by atoms with Crippen LogP contribution in [-0.4, -0.2) is 11.5 Å². The van der Waals surface area contributed by atoms with Crippen LogP contribution in [0.25, 0.3) is 0 Å². The standard InChI is InChI=1S/C8H11F2NO2.ClH/c9-8(10)3-6(11)7-2-1-5(4-12)13-7;/h1-2,6,8,12H,3-4,11H2;1H/t6-;/m1./s1. The fourth-order valence-electron chi connectivity index (χ4n) is 0.987. The molecule has 1 atom stereocenters. The quantitative estimate of drug-likeness (QED) is 0.825. The van der Waals surface area contributed by atoms with Crippen LogP contribution >= 0.6 is 12.4 Å². The van der Waals surface area contributed by atoms with Gasteiger partial charge in [-0.05, 0) is 12.1 Å². The van der Waals surface area contributed by atoms with Crippen molar-refractivity contribution in [3.05, 3.63) is 23.7 Å². The highest BCUT2D eigenvalue weighted by atomic mass is 35.5. The van der Waals surface area contributed by atoms with E-state index in [1.807, 2.05) is 0 Å². The van der Waals surface area contributed by atoms with E-state index >= 15 is 0 Å². The van der Waals surface area contributed by atoms with Gasteiger partial charge in [0.05, 0.1) is 6.04 Å². The van der Waals surface area contributed by atoms with E-state index in [2.05, 4.69) is 0 Å². The molecule has 0 spiro atoms. The Morgan fingerprint density at radius 1 is 1.43 bits per heavy atom. The maximum Gasteiger partial charge on any atom is 0.240 e. The van der Waals surface area contributed by atoms with E-state index in [-0.39, 0.29) is 24.8 Å². The molecule has 0 aliphatic heterocycles. The van der Waals surface area contributed by atoms with Gasteiger partial charge in [-0.15, -0.1) is 12.4 Å². The summed E-state index contributed by atoms with van der Waals surface area (Å²) in [6.07, 6.45) is -2.88. The molecular formula is C8H12ClF2NO2. The number of hydrogen-bond donors (Lipinski definition) is 2. The number of alkyl halides is 2.